The number of hydrogen-bond donors (Lipinski definition) is 0. The second-order valence-corrected chi connectivity index (χ2v) is 5.75. The summed E-state index contributed by atoms with van der Waals surface area (Å²) in [4.78, 5) is 17.4. The van der Waals surface area contributed by atoms with E-state index in [0.717, 1.165) is 0 Å². The minimum Gasteiger partial charge on any atom is -0.380 e. The fraction of sp³-hybridized carbons (Fsp3) is 0.294. The van der Waals surface area contributed by atoms with E-state index in [1.807, 2.05) is 18.2 Å². The number of carbonyl (C=O) groups excluding carboxylic acids is 1. The lowest BCUT2D eigenvalue weighted by Crippen LogP contribution is -2.21. The van der Waals surface area contributed by atoms with Crippen molar-refractivity contribution in [2.75, 3.05) is 7.11 Å². The molecule has 1 aromatic carbocycles. The average molecular weight is 315 g/mol. The summed E-state index contributed by atoms with van der Waals surface area (Å²) < 4.78 is 7.27. The number of rotatable bonds is 5. The Balaban J connectivity index is 1.65. The van der Waals surface area contributed by atoms with Gasteiger partial charge in [0.15, 0.2) is 0 Å². The number of pyridine rings is 1. The van der Waals surface area contributed by atoms with Gasteiger partial charge >= 0.3 is 5.97 Å². The lowest BCUT2D eigenvalue weighted by Gasteiger charge is -2.06. The van der Waals surface area contributed by atoms with Crippen molar-refractivity contribution in [3.63, 3.8) is 0 Å². The number of benzene rings is 1. The molecular formula is C17H17NO3S. The van der Waals surface area contributed by atoms with Crippen LogP contribution in [0.3, 0.4) is 0 Å². The Morgan fingerprint density at radius 2 is 1.91 bits per heavy atom. The molecule has 1 aromatic heterocycles. The second-order valence-electron chi connectivity index (χ2n) is 5.33. The van der Waals surface area contributed by atoms with Crippen LogP contribution in [0.1, 0.15) is 17.9 Å². The van der Waals surface area contributed by atoms with Gasteiger partial charge < -0.3 is 9.57 Å². The minimum absolute atomic E-state index is 0.0682. The zero-order valence-corrected chi connectivity index (χ0v) is 13.0. The highest BCUT2D eigenvalue weighted by atomic mass is 32.1. The maximum atomic E-state index is 12.1. The van der Waals surface area contributed by atoms with Crippen LogP contribution in [0.5, 0.6) is 0 Å². The van der Waals surface area contributed by atoms with Gasteiger partial charge in [-0.3, -0.25) is 0 Å². The van der Waals surface area contributed by atoms with Gasteiger partial charge in [-0.25, -0.2) is 4.79 Å². The van der Waals surface area contributed by atoms with Crippen molar-refractivity contribution in [2.45, 2.75) is 18.4 Å². The van der Waals surface area contributed by atoms with E-state index in [-0.39, 0.29) is 23.9 Å². The molecule has 114 valence electrons. The van der Waals surface area contributed by atoms with Crippen LogP contribution in [-0.2, 0) is 9.53 Å². The third-order valence-corrected chi connectivity index (χ3v) is 4.26. The number of ether oxygens (including phenoxy) is 1. The molecule has 0 unspecified atom stereocenters. The highest BCUT2D eigenvalue weighted by molar-refractivity contribution is 7.71. The van der Waals surface area contributed by atoms with Gasteiger partial charge in [-0.2, -0.15) is 4.73 Å². The van der Waals surface area contributed by atoms with Gasteiger partial charge in [0.25, 0.3) is 0 Å². The Bertz CT molecular complexity index is 713. The van der Waals surface area contributed by atoms with E-state index in [1.165, 1.54) is 10.3 Å². The topological polar surface area (TPSA) is 40.5 Å². The van der Waals surface area contributed by atoms with E-state index in [2.05, 4.69) is 12.1 Å². The number of carbonyl (C=O) groups is 1. The smallest absolute Gasteiger partial charge is 0.333 e. The van der Waals surface area contributed by atoms with Crippen molar-refractivity contribution in [1.29, 1.82) is 0 Å². The molecule has 1 aliphatic rings. The van der Waals surface area contributed by atoms with Gasteiger partial charge in [0.2, 0.25) is 0 Å². The molecule has 0 spiro atoms. The molecule has 22 heavy (non-hydrogen) atoms. The standard InChI is InChI=1S/C17H17NO3S/c1-20-17-13(16(17)12-7-3-2-4-8-12)11-15(19)21-18-10-6-5-9-14(18)22/h2-10,13,16-17H,11H2,1H3/t13-,16-,17+/m0/s1. The van der Waals surface area contributed by atoms with Crippen LogP contribution in [0, 0.1) is 10.6 Å². The normalized spacial score (nSPS) is 23.0. The highest BCUT2D eigenvalue weighted by Gasteiger charge is 2.52. The molecular weight excluding hydrogens is 298 g/mol. The third kappa shape index (κ3) is 3.10. The molecule has 1 saturated carbocycles. The van der Waals surface area contributed by atoms with Crippen molar-refractivity contribution in [2.24, 2.45) is 5.92 Å². The molecule has 1 fully saturated rings. The molecule has 2 aromatic rings. The van der Waals surface area contributed by atoms with Crippen molar-refractivity contribution < 1.29 is 14.4 Å². The molecule has 3 rings (SSSR count). The number of hydrogen-bond acceptors (Lipinski definition) is 4. The van der Waals surface area contributed by atoms with Crippen LogP contribution < -0.4 is 4.84 Å². The monoisotopic (exact) mass is 315 g/mol. The van der Waals surface area contributed by atoms with Crippen LogP contribution in [0.25, 0.3) is 0 Å². The van der Waals surface area contributed by atoms with E-state index in [1.54, 1.807) is 31.5 Å². The largest absolute Gasteiger partial charge is 0.380 e. The zero-order valence-electron chi connectivity index (χ0n) is 12.2. The van der Waals surface area contributed by atoms with Gasteiger partial charge in [-0.15, -0.1) is 0 Å². The molecule has 0 saturated heterocycles. The first-order chi connectivity index (χ1) is 10.7. The predicted molar refractivity (Wildman–Crippen MR) is 84.9 cm³/mol. The quantitative estimate of drug-likeness (QED) is 0.795. The first kappa shape index (κ1) is 14.9. The van der Waals surface area contributed by atoms with Gasteiger partial charge in [0.05, 0.1) is 12.5 Å². The van der Waals surface area contributed by atoms with Crippen LogP contribution in [0.15, 0.2) is 54.7 Å². The highest BCUT2D eigenvalue weighted by Crippen LogP contribution is 2.51. The minimum atomic E-state index is -0.298. The van der Waals surface area contributed by atoms with E-state index < -0.39 is 0 Å². The Kier molecular flexibility index (Phi) is 4.36. The molecule has 0 radical (unpaired) electrons. The van der Waals surface area contributed by atoms with E-state index >= 15 is 0 Å². The Labute approximate surface area is 134 Å². The van der Waals surface area contributed by atoms with Gasteiger partial charge in [-0.1, -0.05) is 48.6 Å². The summed E-state index contributed by atoms with van der Waals surface area (Å²) in [5.41, 5.74) is 1.20. The summed E-state index contributed by atoms with van der Waals surface area (Å²) in [5.74, 6) is 0.105. The van der Waals surface area contributed by atoms with E-state index in [0.29, 0.717) is 11.1 Å². The summed E-state index contributed by atoms with van der Waals surface area (Å²) in [7, 11) is 1.68. The number of aromatic nitrogens is 1. The molecule has 1 heterocycles. The molecule has 0 N–H and O–H groups in total. The molecule has 0 bridgehead atoms. The maximum absolute atomic E-state index is 12.1. The molecule has 0 aliphatic heterocycles. The molecule has 1 aliphatic carbocycles. The van der Waals surface area contributed by atoms with Gasteiger partial charge in [0.1, 0.15) is 4.64 Å². The molecule has 4 nitrogen and oxygen atoms in total. The lowest BCUT2D eigenvalue weighted by atomic mass is 10.1. The van der Waals surface area contributed by atoms with Crippen LogP contribution in [0.2, 0.25) is 0 Å². The molecule has 3 atom stereocenters. The SMILES string of the molecule is CO[C@@H]1[C@@H](CC(=O)On2ccccc2=S)[C@@H]1c1ccccc1. The predicted octanol–water partition coefficient (Wildman–Crippen LogP) is 2.99. The average Bonchev–Trinajstić information content (AvgIpc) is 3.23. The Hall–Kier alpha value is -1.98. The van der Waals surface area contributed by atoms with Crippen molar-refractivity contribution >= 4 is 18.2 Å². The summed E-state index contributed by atoms with van der Waals surface area (Å²) in [5, 5.41) is 0. The van der Waals surface area contributed by atoms with Crippen LogP contribution in [-0.4, -0.2) is 23.9 Å². The summed E-state index contributed by atoms with van der Waals surface area (Å²) >= 11 is 5.11. The maximum Gasteiger partial charge on any atom is 0.333 e. The fourth-order valence-electron chi connectivity index (χ4n) is 2.85. The number of nitrogens with zero attached hydrogens (tertiary/aromatic N) is 1. The first-order valence-electron chi connectivity index (χ1n) is 7.17. The summed E-state index contributed by atoms with van der Waals surface area (Å²) in [6, 6.07) is 15.4. The van der Waals surface area contributed by atoms with Crippen molar-refractivity contribution in [3.8, 4) is 0 Å². The van der Waals surface area contributed by atoms with Gasteiger partial charge in [-0.05, 0) is 17.7 Å². The zero-order chi connectivity index (χ0) is 15.5. The fourth-order valence-corrected chi connectivity index (χ4v) is 3.02. The van der Waals surface area contributed by atoms with Gasteiger partial charge in [0, 0.05) is 25.1 Å². The van der Waals surface area contributed by atoms with Crippen LogP contribution >= 0.6 is 12.2 Å². The third-order valence-electron chi connectivity index (χ3n) is 3.94. The van der Waals surface area contributed by atoms with E-state index in [4.69, 9.17) is 21.8 Å². The second kappa shape index (κ2) is 6.42. The van der Waals surface area contributed by atoms with Crippen LogP contribution in [0.4, 0.5) is 0 Å². The van der Waals surface area contributed by atoms with Crippen molar-refractivity contribution in [1.82, 2.24) is 4.73 Å². The molecule has 0 amide bonds. The first-order valence-corrected chi connectivity index (χ1v) is 7.58. The Morgan fingerprint density at radius 1 is 1.18 bits per heavy atom. The number of methoxy groups -OCH3 is 1. The Morgan fingerprint density at radius 3 is 2.59 bits per heavy atom. The lowest BCUT2D eigenvalue weighted by molar-refractivity contribution is -0.145. The van der Waals surface area contributed by atoms with E-state index in [9.17, 15) is 4.79 Å². The summed E-state index contributed by atoms with van der Waals surface area (Å²) in [6.45, 7) is 0. The summed E-state index contributed by atoms with van der Waals surface area (Å²) in [6.07, 6.45) is 2.02. The molecule has 5 heteroatoms. The van der Waals surface area contributed by atoms with Crippen molar-refractivity contribution in [3.05, 3.63) is 64.9 Å².